The molecule has 216 valence electrons. The van der Waals surface area contributed by atoms with E-state index in [1.807, 2.05) is 18.2 Å². The van der Waals surface area contributed by atoms with E-state index >= 15 is 0 Å². The number of rotatable bonds is 11. The van der Waals surface area contributed by atoms with Gasteiger partial charge in [0.25, 0.3) is 0 Å². The van der Waals surface area contributed by atoms with Crippen molar-refractivity contribution < 1.29 is 29.6 Å². The number of carbonyl (C=O) groups excluding carboxylic acids is 2. The van der Waals surface area contributed by atoms with E-state index in [0.717, 1.165) is 5.39 Å². The molecule has 0 aliphatic rings. The highest BCUT2D eigenvalue weighted by Crippen LogP contribution is 2.31. The van der Waals surface area contributed by atoms with Crippen molar-refractivity contribution in [2.24, 2.45) is 0 Å². The van der Waals surface area contributed by atoms with Crippen molar-refractivity contribution in [2.75, 3.05) is 18.5 Å². The van der Waals surface area contributed by atoms with Gasteiger partial charge in [0.15, 0.2) is 5.82 Å². The smallest absolute Gasteiger partial charge is 0.249 e. The van der Waals surface area contributed by atoms with E-state index in [4.69, 9.17) is 4.74 Å². The number of amides is 2. The van der Waals surface area contributed by atoms with E-state index in [1.165, 1.54) is 19.8 Å². The number of pyridine rings is 1. The molecule has 0 aliphatic heterocycles. The molecule has 2 aromatic heterocycles. The molecule has 0 bridgehead atoms. The molecule has 11 nitrogen and oxygen atoms in total. The van der Waals surface area contributed by atoms with Crippen LogP contribution >= 0.6 is 0 Å². The van der Waals surface area contributed by atoms with Crippen LogP contribution in [-0.2, 0) is 27.5 Å². The van der Waals surface area contributed by atoms with Crippen molar-refractivity contribution >= 4 is 39.6 Å². The monoisotopic (exact) mass is 545 g/mol. The fourth-order valence-corrected chi connectivity index (χ4v) is 3.54. The van der Waals surface area contributed by atoms with Gasteiger partial charge in [-0.25, -0.2) is 9.97 Å². The zero-order valence-electron chi connectivity index (χ0n) is 24.0. The molecule has 2 heterocycles. The van der Waals surface area contributed by atoms with Crippen LogP contribution in [0.2, 0.25) is 0 Å². The summed E-state index contributed by atoms with van der Waals surface area (Å²) in [7, 11) is 0. The molecule has 5 N–H and O–H groups in total. The van der Waals surface area contributed by atoms with Crippen molar-refractivity contribution in [3.8, 4) is 0 Å². The van der Waals surface area contributed by atoms with Crippen molar-refractivity contribution in [3.05, 3.63) is 30.1 Å². The molecule has 39 heavy (non-hydrogen) atoms. The maximum atomic E-state index is 12.7. The molecule has 0 fully saturated rings. The number of fused-ring (bicyclic) bond motifs is 3. The highest BCUT2D eigenvalue weighted by molar-refractivity contribution is 6.10. The average molecular weight is 546 g/mol. The molecule has 1 aromatic carbocycles. The lowest BCUT2D eigenvalue weighted by molar-refractivity contribution is -0.136. The molecule has 0 saturated heterocycles. The summed E-state index contributed by atoms with van der Waals surface area (Å²) in [5, 5.41) is 36.0. The Morgan fingerprint density at radius 3 is 2.26 bits per heavy atom. The largest absolute Gasteiger partial charge is 0.389 e. The van der Waals surface area contributed by atoms with Gasteiger partial charge >= 0.3 is 0 Å². The molecule has 3 rings (SSSR count). The summed E-state index contributed by atoms with van der Waals surface area (Å²) < 4.78 is 7.05. The summed E-state index contributed by atoms with van der Waals surface area (Å²) in [5.41, 5.74) is -0.594. The SMILES string of the molecule is CC(OCC(C)(C)O)C(=O)NCC(=O)Nc1nc2ccccc2c2c1nc(CO)n2CC(C)(C)O.CCCC. The Kier molecular flexibility index (Phi) is 11.3. The lowest BCUT2D eigenvalue weighted by Gasteiger charge is -2.20. The minimum atomic E-state index is -1.08. The Morgan fingerprint density at radius 1 is 1.05 bits per heavy atom. The third-order valence-corrected chi connectivity index (χ3v) is 5.59. The standard InChI is InChI=1S/C24H33N5O6.C4H10/c1-14(35-13-24(4,5)34)22(32)25-10-18(31)28-21-19-20(15-8-6-7-9-16(15)26-21)29(12-23(2,3)33)17(11-30)27-19;1-3-4-2/h6-9,14,30,33-34H,10-13H2,1-5H3,(H,25,32)(H,26,28,31);3-4H2,1-2H3. The van der Waals surface area contributed by atoms with E-state index in [0.29, 0.717) is 22.4 Å². The second kappa shape index (κ2) is 13.8. The Hall–Kier alpha value is -3.12. The zero-order chi connectivity index (χ0) is 29.4. The molecule has 11 heteroatoms. The highest BCUT2D eigenvalue weighted by atomic mass is 16.5. The summed E-state index contributed by atoms with van der Waals surface area (Å²) in [6.45, 7) is 11.8. The number of ether oxygens (including phenoxy) is 1. The maximum absolute atomic E-state index is 12.7. The zero-order valence-corrected chi connectivity index (χ0v) is 24.0. The number of unbranched alkanes of at least 4 members (excludes halogenated alkanes) is 1. The van der Waals surface area contributed by atoms with Gasteiger partial charge in [-0.1, -0.05) is 44.9 Å². The Balaban J connectivity index is 0.00000124. The lowest BCUT2D eigenvalue weighted by Crippen LogP contribution is -2.41. The van der Waals surface area contributed by atoms with Crippen LogP contribution in [0, 0.1) is 0 Å². The molecular formula is C28H43N5O6. The number of carbonyl (C=O) groups is 2. The third kappa shape index (κ3) is 9.54. The summed E-state index contributed by atoms with van der Waals surface area (Å²) in [5.74, 6) is -0.534. The average Bonchev–Trinajstić information content (AvgIpc) is 3.22. The molecule has 2 amide bonds. The summed E-state index contributed by atoms with van der Waals surface area (Å²) in [4.78, 5) is 33.9. The predicted octanol–water partition coefficient (Wildman–Crippen LogP) is 2.88. The van der Waals surface area contributed by atoms with E-state index in [-0.39, 0.29) is 32.1 Å². The van der Waals surface area contributed by atoms with Crippen LogP contribution in [0.5, 0.6) is 0 Å². The van der Waals surface area contributed by atoms with Crippen LogP contribution < -0.4 is 10.6 Å². The van der Waals surface area contributed by atoms with Crippen LogP contribution in [0.1, 0.15) is 67.1 Å². The molecule has 1 atom stereocenters. The van der Waals surface area contributed by atoms with E-state index < -0.39 is 29.1 Å². The van der Waals surface area contributed by atoms with Crippen LogP contribution in [0.15, 0.2) is 24.3 Å². The van der Waals surface area contributed by atoms with E-state index in [1.54, 1.807) is 38.3 Å². The molecule has 3 aromatic rings. The first kappa shape index (κ1) is 32.1. The van der Waals surface area contributed by atoms with Crippen LogP contribution in [0.4, 0.5) is 5.82 Å². The number of aliphatic hydroxyl groups excluding tert-OH is 1. The maximum Gasteiger partial charge on any atom is 0.249 e. The molecule has 1 unspecified atom stereocenters. The number of aliphatic hydroxyl groups is 3. The number of nitrogens with zero attached hydrogens (tertiary/aromatic N) is 3. The Morgan fingerprint density at radius 2 is 1.69 bits per heavy atom. The molecule has 0 radical (unpaired) electrons. The number of hydrogen-bond acceptors (Lipinski definition) is 8. The van der Waals surface area contributed by atoms with Gasteiger partial charge in [0.05, 0.1) is 41.9 Å². The van der Waals surface area contributed by atoms with Gasteiger partial charge in [-0.2, -0.15) is 0 Å². The van der Waals surface area contributed by atoms with Crippen molar-refractivity contribution in [2.45, 2.75) is 91.8 Å². The van der Waals surface area contributed by atoms with Crippen LogP contribution in [0.3, 0.4) is 0 Å². The van der Waals surface area contributed by atoms with Gasteiger partial charge in [-0.05, 0) is 40.7 Å². The number of para-hydroxylation sites is 1. The number of anilines is 1. The lowest BCUT2D eigenvalue weighted by atomic mass is 10.1. The second-order valence-electron chi connectivity index (χ2n) is 10.8. The fourth-order valence-electron chi connectivity index (χ4n) is 3.54. The van der Waals surface area contributed by atoms with Crippen LogP contribution in [-0.4, -0.2) is 72.1 Å². The van der Waals surface area contributed by atoms with Crippen molar-refractivity contribution in [3.63, 3.8) is 0 Å². The van der Waals surface area contributed by atoms with Gasteiger partial charge in [0.2, 0.25) is 11.8 Å². The minimum absolute atomic E-state index is 0.0345. The van der Waals surface area contributed by atoms with E-state index in [2.05, 4.69) is 34.4 Å². The summed E-state index contributed by atoms with van der Waals surface area (Å²) >= 11 is 0. The first-order valence-electron chi connectivity index (χ1n) is 13.2. The molecular weight excluding hydrogens is 502 g/mol. The van der Waals surface area contributed by atoms with Gasteiger partial charge in [0, 0.05) is 5.39 Å². The second-order valence-corrected chi connectivity index (χ2v) is 10.8. The Bertz CT molecular complexity index is 1260. The number of benzene rings is 1. The van der Waals surface area contributed by atoms with Crippen molar-refractivity contribution in [1.29, 1.82) is 0 Å². The third-order valence-electron chi connectivity index (χ3n) is 5.59. The first-order chi connectivity index (χ1) is 18.2. The van der Waals surface area contributed by atoms with Gasteiger partial charge in [-0.15, -0.1) is 0 Å². The number of imidazole rings is 1. The fraction of sp³-hybridized carbons (Fsp3) is 0.571. The number of hydrogen-bond donors (Lipinski definition) is 5. The van der Waals surface area contributed by atoms with Gasteiger partial charge < -0.3 is 35.3 Å². The quantitative estimate of drug-likeness (QED) is 0.246. The topological polar surface area (TPSA) is 159 Å². The normalized spacial score (nSPS) is 12.7. The highest BCUT2D eigenvalue weighted by Gasteiger charge is 2.24. The molecule has 0 saturated carbocycles. The molecule has 0 aliphatic carbocycles. The van der Waals surface area contributed by atoms with E-state index in [9.17, 15) is 24.9 Å². The first-order valence-corrected chi connectivity index (χ1v) is 13.2. The predicted molar refractivity (Wildman–Crippen MR) is 151 cm³/mol. The Labute approximate surface area is 229 Å². The molecule has 0 spiro atoms. The van der Waals surface area contributed by atoms with Crippen molar-refractivity contribution in [1.82, 2.24) is 19.9 Å². The number of nitrogens with one attached hydrogen (secondary N) is 2. The minimum Gasteiger partial charge on any atom is -0.389 e. The van der Waals surface area contributed by atoms with Gasteiger partial charge in [0.1, 0.15) is 24.1 Å². The van der Waals surface area contributed by atoms with Crippen LogP contribution in [0.25, 0.3) is 21.9 Å². The summed E-state index contributed by atoms with van der Waals surface area (Å²) in [6, 6.07) is 7.30. The summed E-state index contributed by atoms with van der Waals surface area (Å²) in [6.07, 6.45) is 1.78. The van der Waals surface area contributed by atoms with Gasteiger partial charge in [-0.3, -0.25) is 9.59 Å². The number of aromatic nitrogens is 3.